The van der Waals surface area contributed by atoms with Gasteiger partial charge < -0.3 is 24.3 Å². The molecule has 0 radical (unpaired) electrons. The van der Waals surface area contributed by atoms with Gasteiger partial charge in [0.05, 0.1) is 12.7 Å². The molecule has 146 valence electrons. The van der Waals surface area contributed by atoms with E-state index in [1.807, 2.05) is 6.07 Å². The lowest BCUT2D eigenvalue weighted by molar-refractivity contribution is -0.130. The lowest BCUT2D eigenvalue weighted by Crippen LogP contribution is -2.33. The summed E-state index contributed by atoms with van der Waals surface area (Å²) in [7, 11) is 1.48. The number of ether oxygens (including phenoxy) is 4. The second-order valence-electron chi connectivity index (χ2n) is 6.68. The number of carbonyl (C=O) groups excluding carboxylic acids is 2. The van der Waals surface area contributed by atoms with Crippen molar-refractivity contribution in [2.75, 3.05) is 20.3 Å². The van der Waals surface area contributed by atoms with Crippen LogP contribution in [0.5, 0.6) is 17.2 Å². The van der Waals surface area contributed by atoms with Crippen molar-refractivity contribution in [3.05, 3.63) is 53.6 Å². The fourth-order valence-corrected chi connectivity index (χ4v) is 2.97. The van der Waals surface area contributed by atoms with Gasteiger partial charge in [-0.2, -0.15) is 0 Å². The van der Waals surface area contributed by atoms with Gasteiger partial charge >= 0.3 is 5.97 Å². The van der Waals surface area contributed by atoms with Gasteiger partial charge in [0.15, 0.2) is 11.5 Å². The highest BCUT2D eigenvalue weighted by Gasteiger charge is 2.31. The Hall–Kier alpha value is -3.22. The molecule has 2 aliphatic rings. The van der Waals surface area contributed by atoms with E-state index in [1.165, 1.54) is 13.2 Å². The summed E-state index contributed by atoms with van der Waals surface area (Å²) in [5, 5.41) is 2.90. The van der Waals surface area contributed by atoms with E-state index < -0.39 is 12.1 Å². The van der Waals surface area contributed by atoms with Crippen molar-refractivity contribution in [1.82, 2.24) is 5.32 Å². The first-order valence-electron chi connectivity index (χ1n) is 9.19. The molecule has 1 atom stereocenters. The van der Waals surface area contributed by atoms with E-state index in [2.05, 4.69) is 5.32 Å². The number of fused-ring (bicyclic) bond motifs is 1. The lowest BCUT2D eigenvalue weighted by atomic mass is 10.1. The lowest BCUT2D eigenvalue weighted by Gasteiger charge is -2.22. The van der Waals surface area contributed by atoms with Gasteiger partial charge in [0.25, 0.3) is 5.91 Å². The van der Waals surface area contributed by atoms with Gasteiger partial charge in [-0.25, -0.2) is 4.79 Å². The molecule has 0 aromatic heterocycles. The van der Waals surface area contributed by atoms with Crippen molar-refractivity contribution in [2.24, 2.45) is 0 Å². The van der Waals surface area contributed by atoms with E-state index in [-0.39, 0.29) is 17.5 Å². The number of esters is 1. The Morgan fingerprint density at radius 3 is 2.57 bits per heavy atom. The minimum absolute atomic E-state index is 0.159. The maximum Gasteiger partial charge on any atom is 0.339 e. The maximum absolute atomic E-state index is 12.8. The van der Waals surface area contributed by atoms with Crippen LogP contribution in [-0.4, -0.2) is 38.2 Å². The molecular formula is C21H21NO6. The number of methoxy groups -OCH3 is 1. The number of rotatable bonds is 6. The van der Waals surface area contributed by atoms with Crippen LogP contribution in [0.1, 0.15) is 34.9 Å². The highest BCUT2D eigenvalue weighted by Crippen LogP contribution is 2.40. The monoisotopic (exact) mass is 383 g/mol. The standard InChI is InChI=1S/C21H21NO6/c1-25-16-11-14(12-17-19(16)27-10-9-26-17)21(24)28-18(13-5-3-2-4-6-13)20(23)22-15-7-8-15/h2-6,11-12,15,18H,7-10H2,1H3,(H,22,23). The number of benzene rings is 2. The molecule has 1 aliphatic carbocycles. The molecule has 28 heavy (non-hydrogen) atoms. The van der Waals surface area contributed by atoms with Gasteiger partial charge in [0.2, 0.25) is 11.9 Å². The molecule has 1 heterocycles. The fourth-order valence-electron chi connectivity index (χ4n) is 2.97. The Labute approximate surface area is 162 Å². The highest BCUT2D eigenvalue weighted by atomic mass is 16.6. The van der Waals surface area contributed by atoms with Crippen molar-refractivity contribution in [3.63, 3.8) is 0 Å². The predicted octanol–water partition coefficient (Wildman–Crippen LogP) is 2.64. The van der Waals surface area contributed by atoms with Crippen LogP contribution in [0.25, 0.3) is 0 Å². The summed E-state index contributed by atoms with van der Waals surface area (Å²) in [6.07, 6.45) is 0.856. The van der Waals surface area contributed by atoms with Crippen LogP contribution < -0.4 is 19.5 Å². The fraction of sp³-hybridized carbons (Fsp3) is 0.333. The summed E-state index contributed by atoms with van der Waals surface area (Å²) in [6.45, 7) is 0.787. The van der Waals surface area contributed by atoms with Gasteiger partial charge in [-0.15, -0.1) is 0 Å². The molecule has 1 saturated carbocycles. The Kier molecular flexibility index (Phi) is 5.06. The molecule has 2 aromatic rings. The second-order valence-corrected chi connectivity index (χ2v) is 6.68. The molecule has 1 amide bonds. The first-order chi connectivity index (χ1) is 13.7. The minimum atomic E-state index is -1.03. The van der Waals surface area contributed by atoms with E-state index >= 15 is 0 Å². The summed E-state index contributed by atoms with van der Waals surface area (Å²) in [5.74, 6) is 0.275. The minimum Gasteiger partial charge on any atom is -0.493 e. The molecule has 7 heteroatoms. The van der Waals surface area contributed by atoms with E-state index in [9.17, 15) is 9.59 Å². The first kappa shape index (κ1) is 18.2. The topological polar surface area (TPSA) is 83.1 Å². The van der Waals surface area contributed by atoms with Crippen molar-refractivity contribution in [2.45, 2.75) is 25.0 Å². The summed E-state index contributed by atoms with van der Waals surface area (Å²) in [5.41, 5.74) is 0.833. The number of amides is 1. The van der Waals surface area contributed by atoms with Crippen molar-refractivity contribution in [1.29, 1.82) is 0 Å². The Morgan fingerprint density at radius 2 is 1.86 bits per heavy atom. The van der Waals surface area contributed by atoms with E-state index in [4.69, 9.17) is 18.9 Å². The van der Waals surface area contributed by atoms with Gasteiger partial charge in [0, 0.05) is 11.6 Å². The largest absolute Gasteiger partial charge is 0.493 e. The predicted molar refractivity (Wildman–Crippen MR) is 99.7 cm³/mol. The average Bonchev–Trinajstić information content (AvgIpc) is 3.55. The Morgan fingerprint density at radius 1 is 1.11 bits per heavy atom. The summed E-state index contributed by atoms with van der Waals surface area (Å²) in [4.78, 5) is 25.5. The smallest absolute Gasteiger partial charge is 0.339 e. The molecule has 4 rings (SSSR count). The first-order valence-corrected chi connectivity index (χ1v) is 9.19. The zero-order valence-corrected chi connectivity index (χ0v) is 15.5. The van der Waals surface area contributed by atoms with Gasteiger partial charge in [-0.3, -0.25) is 4.79 Å². The van der Waals surface area contributed by atoms with Crippen molar-refractivity contribution in [3.8, 4) is 17.2 Å². The maximum atomic E-state index is 12.8. The third kappa shape index (κ3) is 3.88. The average molecular weight is 383 g/mol. The molecular weight excluding hydrogens is 362 g/mol. The van der Waals surface area contributed by atoms with Crippen LogP contribution >= 0.6 is 0 Å². The summed E-state index contributed by atoms with van der Waals surface area (Å²) < 4.78 is 22.0. The van der Waals surface area contributed by atoms with Crippen molar-refractivity contribution < 1.29 is 28.5 Å². The molecule has 1 unspecified atom stereocenters. The molecule has 1 N–H and O–H groups in total. The Bertz CT molecular complexity index is 861. The molecule has 1 fully saturated rings. The molecule has 1 aliphatic heterocycles. The van der Waals surface area contributed by atoms with Crippen LogP contribution in [0.3, 0.4) is 0 Å². The normalized spacial score (nSPS) is 16.0. The Balaban J connectivity index is 1.59. The molecule has 0 bridgehead atoms. The van der Waals surface area contributed by atoms with Gasteiger partial charge in [-0.05, 0) is 25.0 Å². The zero-order chi connectivity index (χ0) is 19.5. The quantitative estimate of drug-likeness (QED) is 0.772. The summed E-state index contributed by atoms with van der Waals surface area (Å²) in [6, 6.07) is 12.2. The van der Waals surface area contributed by atoms with Crippen LogP contribution in [0.2, 0.25) is 0 Å². The summed E-state index contributed by atoms with van der Waals surface area (Å²) >= 11 is 0. The SMILES string of the molecule is COc1cc(C(=O)OC(C(=O)NC2CC2)c2ccccc2)cc2c1OCCO2. The van der Waals surface area contributed by atoms with Gasteiger partial charge in [0.1, 0.15) is 13.2 Å². The van der Waals surface area contributed by atoms with Crippen molar-refractivity contribution >= 4 is 11.9 Å². The van der Waals surface area contributed by atoms with Gasteiger partial charge in [-0.1, -0.05) is 30.3 Å². The van der Waals surface area contributed by atoms with E-state index in [1.54, 1.807) is 30.3 Å². The molecule has 0 saturated heterocycles. The zero-order valence-electron chi connectivity index (χ0n) is 15.5. The van der Waals surface area contributed by atoms with Crippen LogP contribution in [0.15, 0.2) is 42.5 Å². The van der Waals surface area contributed by atoms with Crippen LogP contribution in [0.4, 0.5) is 0 Å². The van der Waals surface area contributed by atoms with Crippen LogP contribution in [-0.2, 0) is 9.53 Å². The highest BCUT2D eigenvalue weighted by molar-refractivity contribution is 5.94. The number of carbonyl (C=O) groups is 2. The number of nitrogens with one attached hydrogen (secondary N) is 1. The molecule has 2 aromatic carbocycles. The molecule has 7 nitrogen and oxygen atoms in total. The number of hydrogen-bond acceptors (Lipinski definition) is 6. The molecule has 0 spiro atoms. The van der Waals surface area contributed by atoms with E-state index in [0.29, 0.717) is 36.0 Å². The van der Waals surface area contributed by atoms with E-state index in [0.717, 1.165) is 12.8 Å². The third-order valence-electron chi connectivity index (χ3n) is 4.55. The van der Waals surface area contributed by atoms with Crippen LogP contribution in [0, 0.1) is 0 Å². The third-order valence-corrected chi connectivity index (χ3v) is 4.55. The number of hydrogen-bond donors (Lipinski definition) is 1. The second kappa shape index (κ2) is 7.80.